The molecular formula is C17H32N2O3. The monoisotopic (exact) mass is 312 g/mol. The molecule has 1 aliphatic heterocycles. The zero-order valence-corrected chi connectivity index (χ0v) is 14.3. The Hall–Kier alpha value is -0.810. The van der Waals surface area contributed by atoms with Gasteiger partial charge in [0.15, 0.2) is 0 Å². The van der Waals surface area contributed by atoms with E-state index in [9.17, 15) is 4.79 Å². The van der Waals surface area contributed by atoms with E-state index in [1.165, 1.54) is 25.7 Å². The van der Waals surface area contributed by atoms with Crippen molar-refractivity contribution in [3.05, 3.63) is 0 Å². The lowest BCUT2D eigenvalue weighted by Gasteiger charge is -2.36. The molecule has 1 amide bonds. The lowest BCUT2D eigenvalue weighted by Crippen LogP contribution is -2.49. The molecule has 1 saturated heterocycles. The molecular weight excluding hydrogens is 280 g/mol. The van der Waals surface area contributed by atoms with Crippen molar-refractivity contribution >= 4 is 6.09 Å². The van der Waals surface area contributed by atoms with E-state index >= 15 is 0 Å². The van der Waals surface area contributed by atoms with Gasteiger partial charge in [0.25, 0.3) is 0 Å². The maximum Gasteiger partial charge on any atom is 0.407 e. The highest BCUT2D eigenvalue weighted by Crippen LogP contribution is 2.25. The molecule has 2 unspecified atom stereocenters. The topological polar surface area (TPSA) is 59.6 Å². The number of rotatable bonds is 4. The number of amides is 1. The third kappa shape index (κ3) is 6.13. The number of ether oxygens (including phenoxy) is 2. The SMILES string of the molecule is CC(C)(C)OC(=O)NCC1CCCCC1NC1CCOCC1. The van der Waals surface area contributed by atoms with E-state index in [1.807, 2.05) is 20.8 Å². The molecule has 2 atom stereocenters. The second-order valence-electron chi connectivity index (χ2n) is 7.59. The summed E-state index contributed by atoms with van der Waals surface area (Å²) in [5, 5.41) is 6.76. The molecule has 1 heterocycles. The Kier molecular flexibility index (Phi) is 6.50. The number of hydrogen-bond acceptors (Lipinski definition) is 4. The molecule has 0 spiro atoms. The fourth-order valence-electron chi connectivity index (χ4n) is 3.37. The van der Waals surface area contributed by atoms with Gasteiger partial charge >= 0.3 is 6.09 Å². The Labute approximate surface area is 134 Å². The van der Waals surface area contributed by atoms with E-state index < -0.39 is 5.60 Å². The number of alkyl carbamates (subject to hydrolysis) is 1. The first kappa shape index (κ1) is 17.5. The molecule has 0 radical (unpaired) electrons. The largest absolute Gasteiger partial charge is 0.444 e. The summed E-state index contributed by atoms with van der Waals surface area (Å²) in [6.07, 6.45) is 6.82. The lowest BCUT2D eigenvalue weighted by molar-refractivity contribution is 0.0501. The van der Waals surface area contributed by atoms with Crippen LogP contribution < -0.4 is 10.6 Å². The zero-order valence-electron chi connectivity index (χ0n) is 14.3. The van der Waals surface area contributed by atoms with Crippen molar-refractivity contribution in [3.8, 4) is 0 Å². The molecule has 5 nitrogen and oxygen atoms in total. The van der Waals surface area contributed by atoms with E-state index in [4.69, 9.17) is 9.47 Å². The minimum absolute atomic E-state index is 0.303. The summed E-state index contributed by atoms with van der Waals surface area (Å²) in [6, 6.07) is 1.08. The van der Waals surface area contributed by atoms with Crippen LogP contribution in [0.25, 0.3) is 0 Å². The minimum atomic E-state index is -0.434. The van der Waals surface area contributed by atoms with Crippen molar-refractivity contribution in [1.29, 1.82) is 0 Å². The van der Waals surface area contributed by atoms with Gasteiger partial charge in [-0.05, 0) is 52.4 Å². The van der Waals surface area contributed by atoms with Crippen molar-refractivity contribution in [2.45, 2.75) is 77.0 Å². The molecule has 0 aromatic rings. The molecule has 22 heavy (non-hydrogen) atoms. The molecule has 2 aliphatic rings. The highest BCUT2D eigenvalue weighted by atomic mass is 16.6. The van der Waals surface area contributed by atoms with Gasteiger partial charge in [-0.15, -0.1) is 0 Å². The molecule has 0 aromatic heterocycles. The summed E-state index contributed by atoms with van der Waals surface area (Å²) in [4.78, 5) is 11.8. The van der Waals surface area contributed by atoms with E-state index in [0.717, 1.165) is 26.1 Å². The molecule has 2 rings (SSSR count). The minimum Gasteiger partial charge on any atom is -0.444 e. The number of hydrogen-bond donors (Lipinski definition) is 2. The van der Waals surface area contributed by atoms with E-state index in [1.54, 1.807) is 0 Å². The lowest BCUT2D eigenvalue weighted by atomic mass is 9.83. The predicted octanol–water partition coefficient (Wildman–Crippen LogP) is 2.84. The Balaban J connectivity index is 1.77. The Bertz CT molecular complexity index is 348. The van der Waals surface area contributed by atoms with Gasteiger partial charge in [0.2, 0.25) is 0 Å². The van der Waals surface area contributed by atoms with Gasteiger partial charge in [0, 0.05) is 31.8 Å². The van der Waals surface area contributed by atoms with Gasteiger partial charge in [-0.3, -0.25) is 0 Å². The summed E-state index contributed by atoms with van der Waals surface area (Å²) in [5.74, 6) is 0.504. The molecule has 1 aliphatic carbocycles. The van der Waals surface area contributed by atoms with Crippen LogP contribution in [0.2, 0.25) is 0 Å². The Morgan fingerprint density at radius 3 is 2.50 bits per heavy atom. The summed E-state index contributed by atoms with van der Waals surface area (Å²) in [5.41, 5.74) is -0.434. The average molecular weight is 312 g/mol. The molecule has 128 valence electrons. The van der Waals surface area contributed by atoms with Crippen molar-refractivity contribution in [2.24, 2.45) is 5.92 Å². The Morgan fingerprint density at radius 2 is 1.82 bits per heavy atom. The van der Waals surface area contributed by atoms with Gasteiger partial charge in [0.1, 0.15) is 5.60 Å². The van der Waals surface area contributed by atoms with Crippen LogP contribution in [0.5, 0.6) is 0 Å². The summed E-state index contributed by atoms with van der Waals surface area (Å²) < 4.78 is 10.8. The molecule has 0 bridgehead atoms. The van der Waals surface area contributed by atoms with Gasteiger partial charge in [-0.2, -0.15) is 0 Å². The van der Waals surface area contributed by atoms with Gasteiger partial charge in [0.05, 0.1) is 0 Å². The van der Waals surface area contributed by atoms with Crippen molar-refractivity contribution in [3.63, 3.8) is 0 Å². The van der Waals surface area contributed by atoms with Crippen LogP contribution in [0, 0.1) is 5.92 Å². The highest BCUT2D eigenvalue weighted by Gasteiger charge is 2.28. The van der Waals surface area contributed by atoms with Crippen LogP contribution in [0.3, 0.4) is 0 Å². The molecule has 1 saturated carbocycles. The van der Waals surface area contributed by atoms with Crippen molar-refractivity contribution < 1.29 is 14.3 Å². The maximum atomic E-state index is 11.8. The van der Waals surface area contributed by atoms with Gasteiger partial charge in [-0.1, -0.05) is 12.8 Å². The number of carbonyl (C=O) groups excluding carboxylic acids is 1. The Morgan fingerprint density at radius 1 is 1.14 bits per heavy atom. The smallest absolute Gasteiger partial charge is 0.407 e. The normalized spacial score (nSPS) is 27.4. The molecule has 0 aromatic carbocycles. The standard InChI is InChI=1S/C17H32N2O3/c1-17(2,3)22-16(20)18-12-13-6-4-5-7-15(13)19-14-8-10-21-11-9-14/h13-15,19H,4-12H2,1-3H3,(H,18,20). The van der Waals surface area contributed by atoms with E-state index in [0.29, 0.717) is 24.5 Å². The molecule has 5 heteroatoms. The first-order valence-electron chi connectivity index (χ1n) is 8.75. The predicted molar refractivity (Wildman–Crippen MR) is 87.0 cm³/mol. The van der Waals surface area contributed by atoms with E-state index in [-0.39, 0.29) is 6.09 Å². The van der Waals surface area contributed by atoms with E-state index in [2.05, 4.69) is 10.6 Å². The number of nitrogens with one attached hydrogen (secondary N) is 2. The second kappa shape index (κ2) is 8.16. The third-order valence-electron chi connectivity index (χ3n) is 4.49. The number of carbonyl (C=O) groups is 1. The van der Waals surface area contributed by atoms with Crippen molar-refractivity contribution in [1.82, 2.24) is 10.6 Å². The van der Waals surface area contributed by atoms with Crippen LogP contribution in [-0.4, -0.2) is 43.5 Å². The van der Waals surface area contributed by atoms with Crippen LogP contribution in [0.4, 0.5) is 4.79 Å². The average Bonchev–Trinajstić information content (AvgIpc) is 2.46. The van der Waals surface area contributed by atoms with Gasteiger partial charge in [-0.25, -0.2) is 4.79 Å². The summed E-state index contributed by atoms with van der Waals surface area (Å²) in [6.45, 7) is 8.11. The van der Waals surface area contributed by atoms with Crippen LogP contribution in [-0.2, 0) is 9.47 Å². The fourth-order valence-corrected chi connectivity index (χ4v) is 3.37. The first-order chi connectivity index (χ1) is 10.4. The van der Waals surface area contributed by atoms with Gasteiger partial charge < -0.3 is 20.1 Å². The highest BCUT2D eigenvalue weighted by molar-refractivity contribution is 5.67. The maximum absolute atomic E-state index is 11.8. The third-order valence-corrected chi connectivity index (χ3v) is 4.49. The van der Waals surface area contributed by atoms with Crippen LogP contribution >= 0.6 is 0 Å². The summed E-state index contributed by atoms with van der Waals surface area (Å²) >= 11 is 0. The zero-order chi connectivity index (χ0) is 16.0. The van der Waals surface area contributed by atoms with Crippen LogP contribution in [0.15, 0.2) is 0 Å². The summed E-state index contributed by atoms with van der Waals surface area (Å²) in [7, 11) is 0. The fraction of sp³-hybridized carbons (Fsp3) is 0.941. The van der Waals surface area contributed by atoms with Crippen LogP contribution in [0.1, 0.15) is 59.3 Å². The first-order valence-corrected chi connectivity index (χ1v) is 8.75. The second-order valence-corrected chi connectivity index (χ2v) is 7.59. The molecule has 2 N–H and O–H groups in total. The quantitative estimate of drug-likeness (QED) is 0.838. The van der Waals surface area contributed by atoms with Crippen molar-refractivity contribution in [2.75, 3.05) is 19.8 Å². The molecule has 2 fully saturated rings.